The molecular weight excluding hydrogens is 380 g/mol. The maximum absolute atomic E-state index is 12.5. The van der Waals surface area contributed by atoms with E-state index in [4.69, 9.17) is 5.11 Å². The Hall–Kier alpha value is -3.79. The summed E-state index contributed by atoms with van der Waals surface area (Å²) >= 11 is 0. The van der Waals surface area contributed by atoms with E-state index in [1.807, 2.05) is 11.0 Å². The lowest BCUT2D eigenvalue weighted by Crippen LogP contribution is -2.44. The van der Waals surface area contributed by atoms with Crippen molar-refractivity contribution in [3.63, 3.8) is 0 Å². The van der Waals surface area contributed by atoms with Gasteiger partial charge in [0.1, 0.15) is 11.6 Å². The highest BCUT2D eigenvalue weighted by atomic mass is 16.4. The Kier molecular flexibility index (Phi) is 6.38. The second-order valence-electron chi connectivity index (χ2n) is 7.24. The molecule has 0 unspecified atom stereocenters. The topological polar surface area (TPSA) is 96.7 Å². The average Bonchev–Trinajstić information content (AvgIpc) is 2.74. The standard InChI is InChI=1S/C23H24N4O3/c1-16-5-3-8-21(17(16)2)27-11-9-26(10-12-27)15-19(14-24)22(28)25-20-7-4-6-18(13-20)23(29)30/h3-8,13,15H,9-12H2,1-2H3,(H,25,28)(H,29,30)/b19-15-. The minimum atomic E-state index is -1.08. The summed E-state index contributed by atoms with van der Waals surface area (Å²) in [5.41, 5.74) is 4.12. The number of piperazine rings is 1. The molecule has 2 aromatic rings. The van der Waals surface area contributed by atoms with E-state index in [0.717, 1.165) is 13.1 Å². The molecule has 1 fully saturated rings. The van der Waals surface area contributed by atoms with Crippen LogP contribution in [0, 0.1) is 25.2 Å². The molecule has 154 valence electrons. The normalized spacial score (nSPS) is 14.2. The molecule has 1 saturated heterocycles. The van der Waals surface area contributed by atoms with E-state index in [2.05, 4.69) is 42.3 Å². The van der Waals surface area contributed by atoms with Crippen molar-refractivity contribution in [2.45, 2.75) is 13.8 Å². The van der Waals surface area contributed by atoms with E-state index >= 15 is 0 Å². The first-order valence-corrected chi connectivity index (χ1v) is 9.71. The molecule has 1 aliphatic rings. The van der Waals surface area contributed by atoms with E-state index in [9.17, 15) is 14.9 Å². The SMILES string of the molecule is Cc1cccc(N2CCN(/C=C(/C#N)C(=O)Nc3cccc(C(=O)O)c3)CC2)c1C. The number of aromatic carboxylic acids is 1. The van der Waals surface area contributed by atoms with Gasteiger partial charge in [-0.3, -0.25) is 4.79 Å². The summed E-state index contributed by atoms with van der Waals surface area (Å²) in [5, 5.41) is 21.1. The van der Waals surface area contributed by atoms with Crippen LogP contribution < -0.4 is 10.2 Å². The predicted octanol–water partition coefficient (Wildman–Crippen LogP) is 3.17. The molecule has 7 heteroatoms. The molecule has 30 heavy (non-hydrogen) atoms. The van der Waals surface area contributed by atoms with E-state index in [0.29, 0.717) is 18.8 Å². The molecular formula is C23H24N4O3. The van der Waals surface area contributed by atoms with Crippen LogP contribution in [0.4, 0.5) is 11.4 Å². The van der Waals surface area contributed by atoms with Crippen LogP contribution in [-0.2, 0) is 4.79 Å². The molecule has 1 heterocycles. The van der Waals surface area contributed by atoms with E-state index < -0.39 is 11.9 Å². The van der Waals surface area contributed by atoms with Gasteiger partial charge in [0, 0.05) is 43.8 Å². The Labute approximate surface area is 175 Å². The summed E-state index contributed by atoms with van der Waals surface area (Å²) < 4.78 is 0. The summed E-state index contributed by atoms with van der Waals surface area (Å²) in [6.45, 7) is 7.19. The van der Waals surface area contributed by atoms with Gasteiger partial charge in [0.2, 0.25) is 0 Å². The highest BCUT2D eigenvalue weighted by Gasteiger charge is 2.19. The number of rotatable bonds is 5. The molecule has 0 bridgehead atoms. The van der Waals surface area contributed by atoms with Crippen molar-refractivity contribution in [2.75, 3.05) is 36.4 Å². The number of anilines is 2. The zero-order valence-corrected chi connectivity index (χ0v) is 17.1. The number of carbonyl (C=O) groups excluding carboxylic acids is 1. The number of hydrogen-bond acceptors (Lipinski definition) is 5. The van der Waals surface area contributed by atoms with Gasteiger partial charge in [0.05, 0.1) is 5.56 Å². The van der Waals surface area contributed by atoms with Crippen LogP contribution in [0.15, 0.2) is 54.2 Å². The van der Waals surface area contributed by atoms with Gasteiger partial charge in [-0.2, -0.15) is 5.26 Å². The number of nitriles is 1. The number of nitrogens with one attached hydrogen (secondary N) is 1. The van der Waals surface area contributed by atoms with Crippen LogP contribution in [0.3, 0.4) is 0 Å². The van der Waals surface area contributed by atoms with Crippen molar-refractivity contribution in [1.29, 1.82) is 5.26 Å². The number of benzene rings is 2. The number of carboxylic acid groups (broad SMARTS) is 1. The lowest BCUT2D eigenvalue weighted by molar-refractivity contribution is -0.112. The first kappa shape index (κ1) is 20.9. The molecule has 0 aliphatic carbocycles. The van der Waals surface area contributed by atoms with E-state index in [-0.39, 0.29) is 11.1 Å². The monoisotopic (exact) mass is 404 g/mol. The Morgan fingerprint density at radius 2 is 1.80 bits per heavy atom. The minimum absolute atomic E-state index is 0.0177. The van der Waals surface area contributed by atoms with Gasteiger partial charge in [0.15, 0.2) is 0 Å². The zero-order chi connectivity index (χ0) is 21.7. The van der Waals surface area contributed by atoms with Crippen molar-refractivity contribution < 1.29 is 14.7 Å². The maximum atomic E-state index is 12.5. The lowest BCUT2D eigenvalue weighted by atomic mass is 10.1. The van der Waals surface area contributed by atoms with Crippen LogP contribution in [0.5, 0.6) is 0 Å². The molecule has 0 aromatic heterocycles. The van der Waals surface area contributed by atoms with Crippen LogP contribution in [-0.4, -0.2) is 48.1 Å². The Morgan fingerprint density at radius 1 is 1.10 bits per heavy atom. The number of aryl methyl sites for hydroxylation is 1. The summed E-state index contributed by atoms with van der Waals surface area (Å²) in [6, 6.07) is 14.1. The summed E-state index contributed by atoms with van der Waals surface area (Å²) in [5.74, 6) is -1.64. The molecule has 0 atom stereocenters. The van der Waals surface area contributed by atoms with Gasteiger partial charge < -0.3 is 20.2 Å². The van der Waals surface area contributed by atoms with E-state index in [1.54, 1.807) is 18.3 Å². The Morgan fingerprint density at radius 3 is 2.47 bits per heavy atom. The highest BCUT2D eigenvalue weighted by molar-refractivity contribution is 6.06. The van der Waals surface area contributed by atoms with Gasteiger partial charge in [0.25, 0.3) is 5.91 Å². The predicted molar refractivity (Wildman–Crippen MR) is 115 cm³/mol. The van der Waals surface area contributed by atoms with Crippen molar-refractivity contribution in [3.05, 3.63) is 70.9 Å². The molecule has 0 saturated carbocycles. The fraction of sp³-hybridized carbons (Fsp3) is 0.261. The number of carbonyl (C=O) groups is 2. The van der Waals surface area contributed by atoms with Crippen LogP contribution >= 0.6 is 0 Å². The largest absolute Gasteiger partial charge is 0.478 e. The van der Waals surface area contributed by atoms with Gasteiger partial charge in [-0.05, 0) is 49.2 Å². The third-order valence-corrected chi connectivity index (χ3v) is 5.28. The van der Waals surface area contributed by atoms with Crippen molar-refractivity contribution >= 4 is 23.3 Å². The summed E-state index contributed by atoms with van der Waals surface area (Å²) in [6.07, 6.45) is 1.58. The third-order valence-electron chi connectivity index (χ3n) is 5.28. The zero-order valence-electron chi connectivity index (χ0n) is 17.1. The molecule has 0 radical (unpaired) electrons. The fourth-order valence-corrected chi connectivity index (χ4v) is 3.42. The second-order valence-corrected chi connectivity index (χ2v) is 7.24. The smallest absolute Gasteiger partial charge is 0.335 e. The minimum Gasteiger partial charge on any atom is -0.478 e. The van der Waals surface area contributed by atoms with Crippen molar-refractivity contribution in [2.24, 2.45) is 0 Å². The third kappa shape index (κ3) is 4.78. The maximum Gasteiger partial charge on any atom is 0.335 e. The fourth-order valence-electron chi connectivity index (χ4n) is 3.42. The average molecular weight is 404 g/mol. The molecule has 7 nitrogen and oxygen atoms in total. The Balaban J connectivity index is 1.65. The highest BCUT2D eigenvalue weighted by Crippen LogP contribution is 2.24. The first-order valence-electron chi connectivity index (χ1n) is 9.71. The molecule has 1 aliphatic heterocycles. The van der Waals surface area contributed by atoms with Crippen molar-refractivity contribution in [1.82, 2.24) is 4.90 Å². The van der Waals surface area contributed by atoms with Gasteiger partial charge in [-0.1, -0.05) is 18.2 Å². The molecule has 1 amide bonds. The van der Waals surface area contributed by atoms with Gasteiger partial charge >= 0.3 is 5.97 Å². The Bertz CT molecular complexity index is 1030. The van der Waals surface area contributed by atoms with Crippen LogP contribution in [0.25, 0.3) is 0 Å². The van der Waals surface area contributed by atoms with Crippen LogP contribution in [0.1, 0.15) is 21.5 Å². The van der Waals surface area contributed by atoms with Crippen molar-refractivity contribution in [3.8, 4) is 6.07 Å². The molecule has 0 spiro atoms. The first-order chi connectivity index (χ1) is 14.4. The number of amides is 1. The van der Waals surface area contributed by atoms with Gasteiger partial charge in [-0.15, -0.1) is 0 Å². The summed E-state index contributed by atoms with van der Waals surface area (Å²) in [4.78, 5) is 27.8. The molecule has 2 N–H and O–H groups in total. The number of carboxylic acids is 1. The number of nitrogens with zero attached hydrogens (tertiary/aromatic N) is 3. The molecule has 2 aromatic carbocycles. The summed E-state index contributed by atoms with van der Waals surface area (Å²) in [7, 11) is 0. The van der Waals surface area contributed by atoms with Crippen LogP contribution in [0.2, 0.25) is 0 Å². The quantitative estimate of drug-likeness (QED) is 0.587. The molecule has 3 rings (SSSR count). The lowest BCUT2D eigenvalue weighted by Gasteiger charge is -2.36. The van der Waals surface area contributed by atoms with E-state index in [1.165, 1.54) is 28.9 Å². The number of hydrogen-bond donors (Lipinski definition) is 2. The van der Waals surface area contributed by atoms with Gasteiger partial charge in [-0.25, -0.2) is 4.79 Å². The second kappa shape index (κ2) is 9.14.